The third-order valence-corrected chi connectivity index (χ3v) is 5.68. The van der Waals surface area contributed by atoms with Gasteiger partial charge in [0.15, 0.2) is 0 Å². The Bertz CT molecular complexity index is 546. The summed E-state index contributed by atoms with van der Waals surface area (Å²) in [5.74, 6) is 0. The van der Waals surface area contributed by atoms with Crippen LogP contribution in [0, 0.1) is 0 Å². The first-order valence-corrected chi connectivity index (χ1v) is 8.48. The van der Waals surface area contributed by atoms with Crippen molar-refractivity contribution in [3.63, 3.8) is 0 Å². The minimum absolute atomic E-state index is 0.457. The molecular formula is C18H23NS. The van der Waals surface area contributed by atoms with Crippen LogP contribution in [-0.2, 0) is 25.7 Å². The van der Waals surface area contributed by atoms with Crippen LogP contribution in [0.25, 0.3) is 0 Å². The van der Waals surface area contributed by atoms with Gasteiger partial charge >= 0.3 is 0 Å². The van der Waals surface area contributed by atoms with Gasteiger partial charge in [-0.15, -0.1) is 11.3 Å². The van der Waals surface area contributed by atoms with Crippen molar-refractivity contribution in [2.75, 3.05) is 7.05 Å². The van der Waals surface area contributed by atoms with E-state index >= 15 is 0 Å². The minimum Gasteiger partial charge on any atom is -0.312 e. The summed E-state index contributed by atoms with van der Waals surface area (Å²) in [6.07, 6.45) is 6.13. The Hall–Kier alpha value is -1.12. The van der Waals surface area contributed by atoms with E-state index in [4.69, 9.17) is 0 Å². The molecule has 0 amide bonds. The highest BCUT2D eigenvalue weighted by atomic mass is 32.1. The smallest absolute Gasteiger partial charge is 0.0453 e. The van der Waals surface area contributed by atoms with Gasteiger partial charge in [-0.25, -0.2) is 0 Å². The molecule has 0 bridgehead atoms. The fraction of sp³-hybridized carbons (Fsp3) is 0.444. The Balaban J connectivity index is 1.75. The molecule has 0 aliphatic heterocycles. The largest absolute Gasteiger partial charge is 0.312 e. The second-order valence-electron chi connectivity index (χ2n) is 5.67. The van der Waals surface area contributed by atoms with Crippen LogP contribution in [0.5, 0.6) is 0 Å². The van der Waals surface area contributed by atoms with Crippen LogP contribution in [-0.4, -0.2) is 7.05 Å². The van der Waals surface area contributed by atoms with Crippen LogP contribution in [0.4, 0.5) is 0 Å². The maximum atomic E-state index is 3.49. The molecular weight excluding hydrogens is 262 g/mol. The summed E-state index contributed by atoms with van der Waals surface area (Å²) in [4.78, 5) is 3.14. The molecule has 106 valence electrons. The summed E-state index contributed by atoms with van der Waals surface area (Å²) in [6.45, 7) is 2.21. The molecule has 0 fully saturated rings. The summed E-state index contributed by atoms with van der Waals surface area (Å²) in [7, 11) is 2.08. The molecule has 1 nitrogen and oxygen atoms in total. The van der Waals surface area contributed by atoms with Crippen LogP contribution >= 0.6 is 11.3 Å². The maximum Gasteiger partial charge on any atom is 0.0453 e. The molecule has 20 heavy (non-hydrogen) atoms. The van der Waals surface area contributed by atoms with Gasteiger partial charge in [0.1, 0.15) is 0 Å². The topological polar surface area (TPSA) is 12.0 Å². The van der Waals surface area contributed by atoms with Crippen molar-refractivity contribution in [3.8, 4) is 0 Å². The van der Waals surface area contributed by atoms with E-state index in [2.05, 4.69) is 49.6 Å². The SMILES string of the molecule is CCc1ccc(CC(NC)c2cc3c(s2)CCC3)cc1. The third-order valence-electron chi connectivity index (χ3n) is 4.33. The van der Waals surface area contributed by atoms with E-state index in [0.717, 1.165) is 12.8 Å². The van der Waals surface area contributed by atoms with Crippen molar-refractivity contribution in [1.29, 1.82) is 0 Å². The van der Waals surface area contributed by atoms with E-state index < -0.39 is 0 Å². The van der Waals surface area contributed by atoms with Crippen LogP contribution < -0.4 is 5.32 Å². The van der Waals surface area contributed by atoms with Crippen molar-refractivity contribution < 1.29 is 0 Å². The van der Waals surface area contributed by atoms with Gasteiger partial charge in [-0.2, -0.15) is 0 Å². The zero-order chi connectivity index (χ0) is 13.9. The summed E-state index contributed by atoms with van der Waals surface area (Å²) >= 11 is 2.02. The molecule has 1 aliphatic rings. The molecule has 0 saturated heterocycles. The first kappa shape index (κ1) is 13.8. The summed E-state index contributed by atoms with van der Waals surface area (Å²) in [6, 6.07) is 12.0. The van der Waals surface area contributed by atoms with Crippen molar-refractivity contribution >= 4 is 11.3 Å². The van der Waals surface area contributed by atoms with Gasteiger partial charge in [-0.05, 0) is 61.9 Å². The number of hydrogen-bond donors (Lipinski definition) is 1. The summed E-state index contributed by atoms with van der Waals surface area (Å²) in [5.41, 5.74) is 4.45. The van der Waals surface area contributed by atoms with Crippen molar-refractivity contribution in [3.05, 3.63) is 56.8 Å². The molecule has 1 N–H and O–H groups in total. The van der Waals surface area contributed by atoms with E-state index in [0.29, 0.717) is 6.04 Å². The fourth-order valence-corrected chi connectivity index (χ4v) is 4.38. The minimum atomic E-state index is 0.457. The predicted octanol–water partition coefficient (Wildman–Crippen LogP) is 4.30. The Morgan fingerprint density at radius 2 is 1.90 bits per heavy atom. The Morgan fingerprint density at radius 3 is 2.55 bits per heavy atom. The Labute approximate surface area is 126 Å². The van der Waals surface area contributed by atoms with Gasteiger partial charge in [0.25, 0.3) is 0 Å². The van der Waals surface area contributed by atoms with Crippen LogP contribution in [0.15, 0.2) is 30.3 Å². The number of benzene rings is 1. The standard InChI is InChI=1S/C18H23NS/c1-3-13-7-9-14(10-8-13)11-16(19-2)18-12-15-5-4-6-17(15)20-18/h7-10,12,16,19H,3-6,11H2,1-2H3. The summed E-state index contributed by atoms with van der Waals surface area (Å²) in [5, 5.41) is 3.49. The van der Waals surface area contributed by atoms with E-state index in [-0.39, 0.29) is 0 Å². The summed E-state index contributed by atoms with van der Waals surface area (Å²) < 4.78 is 0. The van der Waals surface area contributed by atoms with Crippen molar-refractivity contribution in [1.82, 2.24) is 5.32 Å². The zero-order valence-electron chi connectivity index (χ0n) is 12.4. The molecule has 1 aromatic heterocycles. The highest BCUT2D eigenvalue weighted by Crippen LogP contribution is 2.34. The third kappa shape index (κ3) is 2.82. The molecule has 1 aromatic carbocycles. The number of aryl methyl sites for hydroxylation is 3. The average Bonchev–Trinajstić information content (AvgIpc) is 3.06. The van der Waals surface area contributed by atoms with Gasteiger partial charge in [-0.3, -0.25) is 0 Å². The lowest BCUT2D eigenvalue weighted by Gasteiger charge is -2.15. The van der Waals surface area contributed by atoms with Crippen molar-refractivity contribution in [2.24, 2.45) is 0 Å². The molecule has 2 heteroatoms. The van der Waals surface area contributed by atoms with Crippen LogP contribution in [0.1, 0.15) is 45.8 Å². The van der Waals surface area contributed by atoms with E-state index in [1.807, 2.05) is 11.3 Å². The number of fused-ring (bicyclic) bond motifs is 1. The molecule has 0 saturated carbocycles. The number of hydrogen-bond acceptors (Lipinski definition) is 2. The van der Waals surface area contributed by atoms with Crippen molar-refractivity contribution in [2.45, 2.75) is 45.1 Å². The molecule has 3 rings (SSSR count). The molecule has 1 heterocycles. The first-order chi connectivity index (χ1) is 9.80. The number of likely N-dealkylation sites (N-methyl/N-ethyl adjacent to an activating group) is 1. The van der Waals surface area contributed by atoms with Crippen LogP contribution in [0.2, 0.25) is 0 Å². The molecule has 1 unspecified atom stereocenters. The van der Waals surface area contributed by atoms with Gasteiger partial charge in [0, 0.05) is 15.8 Å². The molecule has 2 aromatic rings. The highest BCUT2D eigenvalue weighted by Gasteiger charge is 2.19. The predicted molar refractivity (Wildman–Crippen MR) is 87.7 cm³/mol. The van der Waals surface area contributed by atoms with E-state index in [1.165, 1.54) is 35.3 Å². The molecule has 0 radical (unpaired) electrons. The molecule has 1 aliphatic carbocycles. The van der Waals surface area contributed by atoms with E-state index in [9.17, 15) is 0 Å². The van der Waals surface area contributed by atoms with Gasteiger partial charge in [-0.1, -0.05) is 31.2 Å². The highest BCUT2D eigenvalue weighted by molar-refractivity contribution is 7.12. The fourth-order valence-electron chi connectivity index (χ4n) is 3.02. The molecule has 1 atom stereocenters. The number of nitrogens with one attached hydrogen (secondary N) is 1. The van der Waals surface area contributed by atoms with E-state index in [1.54, 1.807) is 10.4 Å². The lowest BCUT2D eigenvalue weighted by molar-refractivity contribution is 0.601. The monoisotopic (exact) mass is 285 g/mol. The number of thiophene rings is 1. The zero-order valence-corrected chi connectivity index (χ0v) is 13.2. The average molecular weight is 285 g/mol. The first-order valence-electron chi connectivity index (χ1n) is 7.66. The lowest BCUT2D eigenvalue weighted by Crippen LogP contribution is -2.17. The van der Waals surface area contributed by atoms with Crippen LogP contribution in [0.3, 0.4) is 0 Å². The Kier molecular flexibility index (Phi) is 4.23. The maximum absolute atomic E-state index is 3.49. The van der Waals surface area contributed by atoms with Gasteiger partial charge in [0.05, 0.1) is 0 Å². The van der Waals surface area contributed by atoms with Gasteiger partial charge < -0.3 is 5.32 Å². The second-order valence-corrected chi connectivity index (χ2v) is 6.83. The quantitative estimate of drug-likeness (QED) is 0.863. The Morgan fingerprint density at radius 1 is 1.15 bits per heavy atom. The lowest BCUT2D eigenvalue weighted by atomic mass is 10.0. The second kappa shape index (κ2) is 6.11. The molecule has 0 spiro atoms. The number of rotatable bonds is 5. The van der Waals surface area contributed by atoms with Gasteiger partial charge in [0.2, 0.25) is 0 Å². The normalized spacial score (nSPS) is 15.3.